The Balaban J connectivity index is 3.33. The van der Waals surface area contributed by atoms with Gasteiger partial charge in [-0.1, -0.05) is 0 Å². The molecule has 0 atom stereocenters. The van der Waals surface area contributed by atoms with E-state index in [9.17, 15) is 9.59 Å². The third-order valence-electron chi connectivity index (χ3n) is 1.14. The number of carbonyl (C=O) groups excluding carboxylic acids is 2. The lowest BCUT2D eigenvalue weighted by Crippen LogP contribution is -2.27. The SMILES string of the molecule is [CH2]COC(=O)NCCC(=O)OCC. The Hall–Kier alpha value is -1.26. The maximum atomic E-state index is 10.8. The minimum atomic E-state index is -0.570. The van der Waals surface area contributed by atoms with Crippen LogP contribution in [0.3, 0.4) is 0 Å². The Morgan fingerprint density at radius 1 is 1.38 bits per heavy atom. The van der Waals surface area contributed by atoms with Crippen molar-refractivity contribution in [1.29, 1.82) is 0 Å². The van der Waals surface area contributed by atoms with Crippen molar-refractivity contribution in [2.45, 2.75) is 13.3 Å². The zero-order valence-corrected chi connectivity index (χ0v) is 7.67. The number of rotatable bonds is 5. The molecule has 1 amide bonds. The zero-order chi connectivity index (χ0) is 10.1. The Kier molecular flexibility index (Phi) is 6.68. The van der Waals surface area contributed by atoms with Crippen molar-refractivity contribution < 1.29 is 19.1 Å². The van der Waals surface area contributed by atoms with Crippen LogP contribution in [0.25, 0.3) is 0 Å². The summed E-state index contributed by atoms with van der Waals surface area (Å²) in [6.07, 6.45) is -0.417. The molecule has 75 valence electrons. The van der Waals surface area contributed by atoms with Gasteiger partial charge in [-0.15, -0.1) is 0 Å². The summed E-state index contributed by atoms with van der Waals surface area (Å²) in [6.45, 7) is 5.69. The summed E-state index contributed by atoms with van der Waals surface area (Å²) in [6, 6.07) is 0. The molecule has 5 heteroatoms. The minimum Gasteiger partial charge on any atom is -0.466 e. The highest BCUT2D eigenvalue weighted by Crippen LogP contribution is 1.85. The molecule has 0 saturated carbocycles. The number of hydrogen-bond donors (Lipinski definition) is 1. The number of alkyl carbamates (subject to hydrolysis) is 1. The average Bonchev–Trinajstić information content (AvgIpc) is 2.05. The largest absolute Gasteiger partial charge is 0.466 e. The van der Waals surface area contributed by atoms with E-state index in [2.05, 4.69) is 21.7 Å². The van der Waals surface area contributed by atoms with E-state index in [0.29, 0.717) is 6.61 Å². The molecule has 0 fully saturated rings. The van der Waals surface area contributed by atoms with Gasteiger partial charge >= 0.3 is 12.1 Å². The standard InChI is InChI=1S/C8H14NO4/c1-3-12-7(10)5-6-9-8(11)13-4-2/h2-6H2,1H3,(H,9,11). The van der Waals surface area contributed by atoms with Gasteiger partial charge in [0.05, 0.1) is 19.6 Å². The van der Waals surface area contributed by atoms with E-state index in [1.807, 2.05) is 0 Å². The average molecular weight is 188 g/mol. The maximum absolute atomic E-state index is 10.8. The van der Waals surface area contributed by atoms with Crippen LogP contribution in [0.1, 0.15) is 13.3 Å². The first-order chi connectivity index (χ1) is 6.20. The van der Waals surface area contributed by atoms with Crippen molar-refractivity contribution in [3.05, 3.63) is 6.92 Å². The van der Waals surface area contributed by atoms with Gasteiger partial charge in [-0.25, -0.2) is 4.79 Å². The second-order valence-electron chi connectivity index (χ2n) is 2.12. The second kappa shape index (κ2) is 7.39. The van der Waals surface area contributed by atoms with Crippen LogP contribution in [-0.4, -0.2) is 31.8 Å². The second-order valence-corrected chi connectivity index (χ2v) is 2.12. The third-order valence-corrected chi connectivity index (χ3v) is 1.14. The molecule has 0 spiro atoms. The highest BCUT2D eigenvalue weighted by Gasteiger charge is 2.03. The Bertz CT molecular complexity index is 152. The molecule has 1 N–H and O–H groups in total. The molecule has 1 radical (unpaired) electrons. The van der Waals surface area contributed by atoms with Crippen molar-refractivity contribution in [3.8, 4) is 0 Å². The van der Waals surface area contributed by atoms with E-state index in [0.717, 1.165) is 0 Å². The van der Waals surface area contributed by atoms with Crippen LogP contribution >= 0.6 is 0 Å². The first-order valence-corrected chi connectivity index (χ1v) is 4.06. The molecule has 0 aromatic heterocycles. The van der Waals surface area contributed by atoms with Crippen LogP contribution in [-0.2, 0) is 14.3 Å². The summed E-state index contributed by atoms with van der Waals surface area (Å²) in [5, 5.41) is 2.37. The van der Waals surface area contributed by atoms with Gasteiger partial charge in [-0.3, -0.25) is 4.79 Å². The molecule has 0 rings (SSSR count). The predicted octanol–water partition coefficient (Wildman–Crippen LogP) is 0.500. The normalized spacial score (nSPS) is 9.08. The molecule has 0 aliphatic heterocycles. The van der Waals surface area contributed by atoms with Crippen LogP contribution in [0.4, 0.5) is 4.79 Å². The van der Waals surface area contributed by atoms with Gasteiger partial charge in [0.25, 0.3) is 0 Å². The van der Waals surface area contributed by atoms with Crippen molar-refractivity contribution in [2.24, 2.45) is 0 Å². The lowest BCUT2D eigenvalue weighted by atomic mass is 10.4. The van der Waals surface area contributed by atoms with Gasteiger partial charge in [0, 0.05) is 6.54 Å². The fourth-order valence-electron chi connectivity index (χ4n) is 0.644. The summed E-state index contributed by atoms with van der Waals surface area (Å²) in [5.74, 6) is -0.336. The van der Waals surface area contributed by atoms with Gasteiger partial charge < -0.3 is 14.8 Å². The monoisotopic (exact) mass is 188 g/mol. The van der Waals surface area contributed by atoms with E-state index in [4.69, 9.17) is 0 Å². The fraction of sp³-hybridized carbons (Fsp3) is 0.625. The Morgan fingerprint density at radius 2 is 2.08 bits per heavy atom. The fourth-order valence-corrected chi connectivity index (χ4v) is 0.644. The van der Waals surface area contributed by atoms with Crippen LogP contribution in [0.15, 0.2) is 0 Å². The summed E-state index contributed by atoms with van der Waals surface area (Å²) in [5.41, 5.74) is 0. The summed E-state index contributed by atoms with van der Waals surface area (Å²) in [7, 11) is 0. The van der Waals surface area contributed by atoms with Gasteiger partial charge in [-0.2, -0.15) is 0 Å². The molecular formula is C8H14NO4. The molecule has 0 unspecified atom stereocenters. The number of nitrogens with one attached hydrogen (secondary N) is 1. The summed E-state index contributed by atoms with van der Waals surface area (Å²) < 4.78 is 9.11. The molecule has 0 saturated heterocycles. The first kappa shape index (κ1) is 11.7. The molecule has 0 aromatic carbocycles. The van der Waals surface area contributed by atoms with Crippen molar-refractivity contribution in [3.63, 3.8) is 0 Å². The third kappa shape index (κ3) is 7.11. The molecule has 0 bridgehead atoms. The summed E-state index contributed by atoms with van der Waals surface area (Å²) >= 11 is 0. The number of amides is 1. The van der Waals surface area contributed by atoms with Crippen LogP contribution < -0.4 is 5.32 Å². The lowest BCUT2D eigenvalue weighted by molar-refractivity contribution is -0.142. The molecule has 0 aliphatic carbocycles. The number of esters is 1. The van der Waals surface area contributed by atoms with Crippen molar-refractivity contribution in [2.75, 3.05) is 19.8 Å². The molecular weight excluding hydrogens is 174 g/mol. The van der Waals surface area contributed by atoms with Crippen LogP contribution in [0.5, 0.6) is 0 Å². The van der Waals surface area contributed by atoms with Crippen LogP contribution in [0.2, 0.25) is 0 Å². The van der Waals surface area contributed by atoms with Crippen molar-refractivity contribution >= 4 is 12.1 Å². The van der Waals surface area contributed by atoms with E-state index >= 15 is 0 Å². The number of ether oxygens (including phenoxy) is 2. The number of carbonyl (C=O) groups is 2. The molecule has 13 heavy (non-hydrogen) atoms. The molecule has 0 aliphatic rings. The smallest absolute Gasteiger partial charge is 0.407 e. The van der Waals surface area contributed by atoms with Gasteiger partial charge in [0.1, 0.15) is 0 Å². The molecule has 5 nitrogen and oxygen atoms in total. The van der Waals surface area contributed by atoms with Gasteiger partial charge in [0.15, 0.2) is 0 Å². The Morgan fingerprint density at radius 3 is 2.62 bits per heavy atom. The highest BCUT2D eigenvalue weighted by atomic mass is 16.5. The zero-order valence-electron chi connectivity index (χ0n) is 7.67. The van der Waals surface area contributed by atoms with E-state index in [-0.39, 0.29) is 25.5 Å². The number of hydrogen-bond acceptors (Lipinski definition) is 4. The van der Waals surface area contributed by atoms with Crippen molar-refractivity contribution in [1.82, 2.24) is 5.32 Å². The van der Waals surface area contributed by atoms with E-state index in [1.54, 1.807) is 6.92 Å². The first-order valence-electron chi connectivity index (χ1n) is 4.06. The highest BCUT2D eigenvalue weighted by molar-refractivity contribution is 5.71. The van der Waals surface area contributed by atoms with E-state index in [1.165, 1.54) is 0 Å². The lowest BCUT2D eigenvalue weighted by Gasteiger charge is -2.04. The minimum absolute atomic E-state index is 0.0746. The Labute approximate surface area is 77.4 Å². The molecule has 0 aromatic rings. The maximum Gasteiger partial charge on any atom is 0.407 e. The van der Waals surface area contributed by atoms with Crippen LogP contribution in [0, 0.1) is 6.92 Å². The van der Waals surface area contributed by atoms with Gasteiger partial charge in [0.2, 0.25) is 0 Å². The predicted molar refractivity (Wildman–Crippen MR) is 46.0 cm³/mol. The van der Waals surface area contributed by atoms with E-state index < -0.39 is 6.09 Å². The summed E-state index contributed by atoms with van der Waals surface area (Å²) in [4.78, 5) is 21.4. The van der Waals surface area contributed by atoms with Gasteiger partial charge in [-0.05, 0) is 13.8 Å². The molecule has 0 heterocycles. The quantitative estimate of drug-likeness (QED) is 0.638. The topological polar surface area (TPSA) is 64.6 Å².